The number of aliphatic hydroxyl groups excluding tert-OH is 1. The van der Waals surface area contributed by atoms with Gasteiger partial charge in [0.1, 0.15) is 0 Å². The zero-order valence-electron chi connectivity index (χ0n) is 7.41. The van der Waals surface area contributed by atoms with Gasteiger partial charge in [0.05, 0.1) is 0 Å². The fourth-order valence-corrected chi connectivity index (χ4v) is 6.96. The van der Waals surface area contributed by atoms with Crippen molar-refractivity contribution in [3.63, 3.8) is 0 Å². The summed E-state index contributed by atoms with van der Waals surface area (Å²) in [5.41, 5.74) is 1.84. The van der Waals surface area contributed by atoms with Crippen LogP contribution in [0.3, 0.4) is 0 Å². The fraction of sp³-hybridized carbons (Fsp3) is 0.111. The minimum absolute atomic E-state index is 0.315. The molecule has 1 N–H and O–H groups in total. The number of halogens is 4. The number of hydrogen-bond donors (Lipinski definition) is 1. The van der Waals surface area contributed by atoms with Crippen molar-refractivity contribution >= 4 is 53.3 Å². The summed E-state index contributed by atoms with van der Waals surface area (Å²) in [6.07, 6.45) is -0.933. The second-order valence-corrected chi connectivity index (χ2v) is 19.1. The van der Waals surface area contributed by atoms with Crippen LogP contribution in [0.5, 0.6) is 0 Å². The first-order chi connectivity index (χ1) is 6.96. The van der Waals surface area contributed by atoms with Crippen molar-refractivity contribution in [1.29, 1.82) is 0 Å². The fourth-order valence-electron chi connectivity index (χ4n) is 1.04. The Morgan fingerprint density at radius 2 is 1.73 bits per heavy atom. The van der Waals surface area contributed by atoms with Gasteiger partial charge in [0.15, 0.2) is 0 Å². The van der Waals surface area contributed by atoms with Gasteiger partial charge in [-0.05, 0) is 0 Å². The van der Waals surface area contributed by atoms with Crippen LogP contribution in [-0.2, 0) is 0 Å². The Hall–Kier alpha value is 0.870. The van der Waals surface area contributed by atoms with Gasteiger partial charge in [-0.3, -0.25) is 0 Å². The first-order valence-electron chi connectivity index (χ1n) is 3.92. The average Bonchev–Trinajstić information content (AvgIpc) is 2.18. The van der Waals surface area contributed by atoms with E-state index < -0.39 is 20.9 Å². The Labute approximate surface area is 109 Å². The van der Waals surface area contributed by atoms with Crippen LogP contribution in [0.25, 0.3) is 0 Å². The van der Waals surface area contributed by atoms with Crippen molar-refractivity contribution in [3.05, 3.63) is 45.1 Å². The van der Waals surface area contributed by atoms with Gasteiger partial charge in [0.25, 0.3) is 0 Å². The molecule has 1 rings (SSSR count). The Balaban J connectivity index is 2.99. The van der Waals surface area contributed by atoms with Gasteiger partial charge in [-0.15, -0.1) is 0 Å². The molecule has 6 heteroatoms. The maximum atomic E-state index is 9.96. The molecule has 0 heterocycles. The van der Waals surface area contributed by atoms with Crippen molar-refractivity contribution in [2.75, 3.05) is 0 Å². The van der Waals surface area contributed by atoms with Gasteiger partial charge in [0.2, 0.25) is 0 Å². The third kappa shape index (κ3) is 3.98. The molecule has 0 saturated carbocycles. The molecule has 0 bridgehead atoms. The summed E-state index contributed by atoms with van der Waals surface area (Å²) in [6.45, 7) is 0. The van der Waals surface area contributed by atoms with Crippen molar-refractivity contribution in [2.24, 2.45) is 0 Å². The summed E-state index contributed by atoms with van der Waals surface area (Å²) in [5.74, 6) is 0. The van der Waals surface area contributed by atoms with Crippen LogP contribution in [0.4, 0.5) is 0 Å². The van der Waals surface area contributed by atoms with E-state index in [0.29, 0.717) is 9.18 Å². The van der Waals surface area contributed by atoms with E-state index >= 15 is 0 Å². The van der Waals surface area contributed by atoms with Crippen molar-refractivity contribution in [3.8, 4) is 0 Å². The van der Waals surface area contributed by atoms with E-state index in [9.17, 15) is 5.11 Å². The summed E-state index contributed by atoms with van der Waals surface area (Å²) >= 11 is 1.91. The van der Waals surface area contributed by atoms with E-state index in [2.05, 4.69) is 0 Å². The van der Waals surface area contributed by atoms with Crippen molar-refractivity contribution in [2.45, 2.75) is 6.10 Å². The van der Waals surface area contributed by atoms with Crippen LogP contribution in [-0.4, -0.2) is 19.9 Å². The van der Waals surface area contributed by atoms with Gasteiger partial charge in [0, 0.05) is 0 Å². The summed E-state index contributed by atoms with van der Waals surface area (Å²) in [4.78, 5) is 0. The first-order valence-corrected chi connectivity index (χ1v) is 14.4. The molecule has 0 fully saturated rings. The van der Waals surface area contributed by atoms with E-state index in [1.165, 1.54) is 5.54 Å². The Bertz CT molecular complexity index is 347. The van der Waals surface area contributed by atoms with Crippen LogP contribution in [0.15, 0.2) is 39.5 Å². The van der Waals surface area contributed by atoms with Gasteiger partial charge in [-0.25, -0.2) is 0 Å². The molecule has 0 saturated heterocycles. The normalized spacial score (nSPS) is 16.2. The number of aliphatic hydroxyl groups is 1. The topological polar surface area (TPSA) is 20.2 Å². The quantitative estimate of drug-likeness (QED) is 0.758. The molecule has 1 atom stereocenters. The molecule has 0 aliphatic rings. The summed E-state index contributed by atoms with van der Waals surface area (Å²) in [5, 5.41) is 9.96. The van der Waals surface area contributed by atoms with E-state index in [-0.39, 0.29) is 0 Å². The number of hydrogen-bond acceptors (Lipinski definition) is 1. The number of rotatable bonds is 3. The average molecular weight is 402 g/mol. The summed E-state index contributed by atoms with van der Waals surface area (Å²) in [6, 6.07) is 8.96. The molecule has 0 radical (unpaired) electrons. The van der Waals surface area contributed by atoms with Gasteiger partial charge < -0.3 is 0 Å². The van der Waals surface area contributed by atoms with Gasteiger partial charge >= 0.3 is 110 Å². The molecule has 1 unspecified atom stereocenters. The second-order valence-electron chi connectivity index (χ2n) is 2.73. The van der Waals surface area contributed by atoms with Gasteiger partial charge in [-0.2, -0.15) is 0 Å². The molecule has 1 nitrogen and oxygen atoms in total. The Morgan fingerprint density at radius 1 is 1.20 bits per heavy atom. The molecule has 1 aromatic rings. The predicted octanol–water partition coefficient (Wildman–Crippen LogP) is 4.04. The molecule has 84 valence electrons. The molecule has 0 amide bonds. The SMILES string of the molecule is OC(/C(=C/Cl)[Te](Cl)(Cl)Cl)c1ccccc1. The summed E-state index contributed by atoms with van der Waals surface area (Å²) in [7, 11) is 17.6. The first kappa shape index (κ1) is 13.9. The number of benzene rings is 1. The maximum absolute atomic E-state index is 9.96. The molecule has 0 aliphatic carbocycles. The van der Waals surface area contributed by atoms with Gasteiger partial charge in [-0.1, -0.05) is 0 Å². The van der Waals surface area contributed by atoms with E-state index in [0.717, 1.165) is 0 Å². The minimum atomic E-state index is -3.66. The molecule has 1 aromatic carbocycles. The third-order valence-electron chi connectivity index (χ3n) is 1.76. The van der Waals surface area contributed by atoms with E-state index in [4.69, 9.17) is 38.5 Å². The Morgan fingerprint density at radius 3 is 2.13 bits per heavy atom. The van der Waals surface area contributed by atoms with Crippen LogP contribution in [0, 0.1) is 0 Å². The molecule has 0 aliphatic heterocycles. The standard InChI is InChI=1S/C9H8Cl4OTe/c10-6-8(15(11,12)13)9(14)7-4-2-1-3-5-7/h1-6,9,14H/b8-6-. The predicted molar refractivity (Wildman–Crippen MR) is 68.7 cm³/mol. The second kappa shape index (κ2) is 5.98. The monoisotopic (exact) mass is 402 g/mol. The molecule has 0 aromatic heterocycles. The van der Waals surface area contributed by atoms with Crippen LogP contribution in [0.2, 0.25) is 0 Å². The van der Waals surface area contributed by atoms with E-state index in [1.807, 2.05) is 6.07 Å². The molecule has 0 spiro atoms. The summed E-state index contributed by atoms with van der Waals surface area (Å²) < 4.78 is 0.315. The Kier molecular flexibility index (Phi) is 5.56. The van der Waals surface area contributed by atoms with Crippen LogP contribution < -0.4 is 0 Å². The zero-order chi connectivity index (χ0) is 11.5. The zero-order valence-corrected chi connectivity index (χ0v) is 12.8. The van der Waals surface area contributed by atoms with Crippen LogP contribution >= 0.6 is 38.5 Å². The van der Waals surface area contributed by atoms with Crippen molar-refractivity contribution < 1.29 is 5.11 Å². The third-order valence-corrected chi connectivity index (χ3v) is 8.49. The molecular weight excluding hydrogens is 394 g/mol. The van der Waals surface area contributed by atoms with E-state index in [1.54, 1.807) is 24.3 Å². The molecular formula is C9H8Cl4OTe. The van der Waals surface area contributed by atoms with Crippen LogP contribution in [0.1, 0.15) is 11.7 Å². The van der Waals surface area contributed by atoms with Crippen molar-refractivity contribution in [1.82, 2.24) is 0 Å². The molecule has 15 heavy (non-hydrogen) atoms.